The Hall–Kier alpha value is -1.55. The normalized spacial score (nSPS) is 23.4. The minimum Gasteiger partial charge on any atom is -0.497 e. The lowest BCUT2D eigenvalue weighted by Crippen LogP contribution is -2.37. The van der Waals surface area contributed by atoms with Gasteiger partial charge in [0.05, 0.1) is 13.2 Å². The molecule has 3 N–H and O–H groups in total. The van der Waals surface area contributed by atoms with Crippen molar-refractivity contribution in [2.75, 3.05) is 7.11 Å². The lowest BCUT2D eigenvalue weighted by Gasteiger charge is -2.27. The number of hydrogen-bond acceptors (Lipinski definition) is 3. The van der Waals surface area contributed by atoms with Crippen molar-refractivity contribution in [2.24, 2.45) is 11.7 Å². The lowest BCUT2D eigenvalue weighted by molar-refractivity contribution is -0.126. The third-order valence-electron chi connectivity index (χ3n) is 4.39. The molecule has 4 nitrogen and oxygen atoms in total. The Morgan fingerprint density at radius 1 is 1.29 bits per heavy atom. The van der Waals surface area contributed by atoms with E-state index in [4.69, 9.17) is 10.5 Å². The highest BCUT2D eigenvalue weighted by Gasteiger charge is 2.26. The highest BCUT2D eigenvalue weighted by molar-refractivity contribution is 5.79. The molecule has 2 rings (SSSR count). The number of methoxy groups -OCH3 is 1. The summed E-state index contributed by atoms with van der Waals surface area (Å²) in [5.41, 5.74) is 7.02. The first-order chi connectivity index (χ1) is 10.1. The molecule has 4 heteroatoms. The maximum absolute atomic E-state index is 12.4. The minimum absolute atomic E-state index is 0.0685. The lowest BCUT2D eigenvalue weighted by atomic mass is 9.85. The smallest absolute Gasteiger partial charge is 0.223 e. The van der Waals surface area contributed by atoms with E-state index in [9.17, 15) is 4.79 Å². The zero-order chi connectivity index (χ0) is 15.2. The van der Waals surface area contributed by atoms with Crippen LogP contribution in [0.3, 0.4) is 0 Å². The Labute approximate surface area is 127 Å². The first-order valence-electron chi connectivity index (χ1n) is 7.84. The van der Waals surface area contributed by atoms with E-state index in [2.05, 4.69) is 12.2 Å². The van der Waals surface area contributed by atoms with Gasteiger partial charge in [-0.05, 0) is 49.8 Å². The van der Waals surface area contributed by atoms with E-state index in [-0.39, 0.29) is 23.9 Å². The van der Waals surface area contributed by atoms with Gasteiger partial charge in [-0.25, -0.2) is 0 Å². The highest BCUT2D eigenvalue weighted by atomic mass is 16.5. The average Bonchev–Trinajstić information content (AvgIpc) is 2.53. The molecular weight excluding hydrogens is 264 g/mol. The summed E-state index contributed by atoms with van der Waals surface area (Å²) in [7, 11) is 1.65. The van der Waals surface area contributed by atoms with Crippen molar-refractivity contribution in [3.63, 3.8) is 0 Å². The van der Waals surface area contributed by atoms with Crippen molar-refractivity contribution in [1.82, 2.24) is 5.32 Å². The number of ether oxygens (including phenoxy) is 1. The molecule has 0 heterocycles. The van der Waals surface area contributed by atoms with E-state index < -0.39 is 0 Å². The number of benzene rings is 1. The third kappa shape index (κ3) is 4.21. The summed E-state index contributed by atoms with van der Waals surface area (Å²) in [4.78, 5) is 12.4. The molecule has 0 bridgehead atoms. The van der Waals surface area contributed by atoms with Crippen LogP contribution in [0.4, 0.5) is 0 Å². The van der Waals surface area contributed by atoms with Gasteiger partial charge in [0.25, 0.3) is 0 Å². The third-order valence-corrected chi connectivity index (χ3v) is 4.39. The second-order valence-electron chi connectivity index (χ2n) is 5.85. The van der Waals surface area contributed by atoms with Gasteiger partial charge in [-0.15, -0.1) is 0 Å². The molecule has 1 aromatic carbocycles. The van der Waals surface area contributed by atoms with Gasteiger partial charge in [-0.3, -0.25) is 4.79 Å². The summed E-state index contributed by atoms with van der Waals surface area (Å²) in [6.07, 6.45) is 4.61. The van der Waals surface area contributed by atoms with Gasteiger partial charge in [0, 0.05) is 12.0 Å². The summed E-state index contributed by atoms with van der Waals surface area (Å²) < 4.78 is 5.17. The van der Waals surface area contributed by atoms with Crippen LogP contribution in [0.15, 0.2) is 24.3 Å². The molecular formula is C17H26N2O2. The number of carbonyl (C=O) groups excluding carboxylic acids is 1. The summed E-state index contributed by atoms with van der Waals surface area (Å²) >= 11 is 0. The van der Waals surface area contributed by atoms with Crippen LogP contribution in [-0.2, 0) is 4.79 Å². The van der Waals surface area contributed by atoms with E-state index in [0.29, 0.717) is 0 Å². The Bertz CT molecular complexity index is 450. The van der Waals surface area contributed by atoms with E-state index in [1.54, 1.807) is 7.11 Å². The molecule has 1 aromatic rings. The largest absolute Gasteiger partial charge is 0.497 e. The molecule has 0 aromatic heterocycles. The van der Waals surface area contributed by atoms with E-state index in [1.807, 2.05) is 24.3 Å². The van der Waals surface area contributed by atoms with Crippen LogP contribution >= 0.6 is 0 Å². The van der Waals surface area contributed by atoms with Crippen molar-refractivity contribution in [3.8, 4) is 5.75 Å². The first kappa shape index (κ1) is 15.8. The number of nitrogens with two attached hydrogens (primary N) is 1. The monoisotopic (exact) mass is 290 g/mol. The second-order valence-corrected chi connectivity index (χ2v) is 5.85. The summed E-state index contributed by atoms with van der Waals surface area (Å²) in [5.74, 6) is 1.13. The highest BCUT2D eigenvalue weighted by Crippen LogP contribution is 2.25. The van der Waals surface area contributed by atoms with Gasteiger partial charge in [0.2, 0.25) is 5.91 Å². The molecule has 1 aliphatic carbocycles. The van der Waals surface area contributed by atoms with Crippen molar-refractivity contribution in [2.45, 2.75) is 51.1 Å². The molecule has 1 atom stereocenters. The Balaban J connectivity index is 1.96. The average molecular weight is 290 g/mol. The molecule has 1 aliphatic rings. The van der Waals surface area contributed by atoms with Gasteiger partial charge in [0.15, 0.2) is 0 Å². The molecule has 21 heavy (non-hydrogen) atoms. The fourth-order valence-electron chi connectivity index (χ4n) is 2.93. The maximum atomic E-state index is 12.4. The molecule has 1 fully saturated rings. The van der Waals surface area contributed by atoms with E-state index in [0.717, 1.165) is 43.4 Å². The summed E-state index contributed by atoms with van der Waals surface area (Å²) in [6, 6.07) is 8.25. The quantitative estimate of drug-likeness (QED) is 0.876. The van der Waals surface area contributed by atoms with Crippen LogP contribution < -0.4 is 15.8 Å². The standard InChI is InChI=1S/C17H26N2O2/c1-3-16(12-6-10-15(21-2)11-7-12)19-17(20)13-4-8-14(18)9-5-13/h6-7,10-11,13-14,16H,3-5,8-9,18H2,1-2H3,(H,19,20). The van der Waals surface area contributed by atoms with Crippen LogP contribution in [0.5, 0.6) is 5.75 Å². The second kappa shape index (κ2) is 7.46. The van der Waals surface area contributed by atoms with Crippen molar-refractivity contribution < 1.29 is 9.53 Å². The molecule has 116 valence electrons. The van der Waals surface area contributed by atoms with Gasteiger partial charge >= 0.3 is 0 Å². The molecule has 0 aliphatic heterocycles. The Kier molecular flexibility index (Phi) is 5.62. The fourth-order valence-corrected chi connectivity index (χ4v) is 2.93. The predicted molar refractivity (Wildman–Crippen MR) is 84.1 cm³/mol. The van der Waals surface area contributed by atoms with Gasteiger partial charge in [-0.2, -0.15) is 0 Å². The molecule has 0 saturated heterocycles. The maximum Gasteiger partial charge on any atom is 0.223 e. The SMILES string of the molecule is CCC(NC(=O)C1CCC(N)CC1)c1ccc(OC)cc1. The van der Waals surface area contributed by atoms with Crippen molar-refractivity contribution in [3.05, 3.63) is 29.8 Å². The number of hydrogen-bond donors (Lipinski definition) is 2. The predicted octanol–water partition coefficient (Wildman–Crippen LogP) is 2.78. The van der Waals surface area contributed by atoms with Crippen LogP contribution in [0.1, 0.15) is 50.6 Å². The fraction of sp³-hybridized carbons (Fsp3) is 0.588. The van der Waals surface area contributed by atoms with Crippen LogP contribution in [0.25, 0.3) is 0 Å². The van der Waals surface area contributed by atoms with Gasteiger partial charge < -0.3 is 15.8 Å². The van der Waals surface area contributed by atoms with E-state index >= 15 is 0 Å². The molecule has 1 saturated carbocycles. The van der Waals surface area contributed by atoms with Crippen molar-refractivity contribution in [1.29, 1.82) is 0 Å². The zero-order valence-corrected chi connectivity index (χ0v) is 13.0. The minimum atomic E-state index is 0.0685. The molecule has 1 amide bonds. The number of nitrogens with one attached hydrogen (secondary N) is 1. The van der Waals surface area contributed by atoms with Crippen LogP contribution in [-0.4, -0.2) is 19.1 Å². The summed E-state index contributed by atoms with van der Waals surface area (Å²) in [6.45, 7) is 2.09. The zero-order valence-electron chi connectivity index (χ0n) is 13.0. The van der Waals surface area contributed by atoms with Gasteiger partial charge in [-0.1, -0.05) is 19.1 Å². The van der Waals surface area contributed by atoms with Crippen molar-refractivity contribution >= 4 is 5.91 Å². The number of amides is 1. The molecule has 0 spiro atoms. The first-order valence-corrected chi connectivity index (χ1v) is 7.84. The Morgan fingerprint density at radius 2 is 1.90 bits per heavy atom. The molecule has 1 unspecified atom stereocenters. The molecule has 0 radical (unpaired) electrons. The summed E-state index contributed by atoms with van der Waals surface area (Å²) in [5, 5.41) is 3.18. The van der Waals surface area contributed by atoms with Crippen LogP contribution in [0, 0.1) is 5.92 Å². The Morgan fingerprint density at radius 3 is 2.43 bits per heavy atom. The number of carbonyl (C=O) groups is 1. The van der Waals surface area contributed by atoms with Gasteiger partial charge in [0.1, 0.15) is 5.75 Å². The van der Waals surface area contributed by atoms with E-state index in [1.165, 1.54) is 0 Å². The topological polar surface area (TPSA) is 64.4 Å². The number of rotatable bonds is 5. The van der Waals surface area contributed by atoms with Crippen LogP contribution in [0.2, 0.25) is 0 Å².